The van der Waals surface area contributed by atoms with Crippen LogP contribution in [0.3, 0.4) is 0 Å². The summed E-state index contributed by atoms with van der Waals surface area (Å²) in [5.41, 5.74) is 0.647. The molecule has 5 heteroatoms. The summed E-state index contributed by atoms with van der Waals surface area (Å²) >= 11 is 1.66. The highest BCUT2D eigenvalue weighted by Crippen LogP contribution is 2.26. The summed E-state index contributed by atoms with van der Waals surface area (Å²) in [5, 5.41) is 6.12. The Balaban J connectivity index is 2.10. The van der Waals surface area contributed by atoms with Gasteiger partial charge in [-0.1, -0.05) is 26.0 Å². The molecule has 21 heavy (non-hydrogen) atoms. The summed E-state index contributed by atoms with van der Waals surface area (Å²) in [4.78, 5) is 25.3. The van der Waals surface area contributed by atoms with Gasteiger partial charge in [-0.05, 0) is 31.4 Å². The molecule has 0 spiro atoms. The van der Waals surface area contributed by atoms with E-state index in [1.165, 1.54) is 0 Å². The molecule has 0 saturated carbocycles. The van der Waals surface area contributed by atoms with E-state index in [4.69, 9.17) is 0 Å². The number of hydrogen-bond acceptors (Lipinski definition) is 3. The van der Waals surface area contributed by atoms with E-state index >= 15 is 0 Å². The molecule has 4 nitrogen and oxygen atoms in total. The summed E-state index contributed by atoms with van der Waals surface area (Å²) in [6, 6.07) is 7.13. The third-order valence-corrected chi connectivity index (χ3v) is 4.42. The number of hydrogen-bond donors (Lipinski definition) is 2. The van der Waals surface area contributed by atoms with Gasteiger partial charge < -0.3 is 10.6 Å². The largest absolute Gasteiger partial charge is 0.354 e. The first kappa shape index (κ1) is 15.9. The summed E-state index contributed by atoms with van der Waals surface area (Å²) in [5.74, 6) is -0.240. The standard InChI is InChI=1S/C16H22N2O2S/c1-11(2)21-14-9-4-3-7-12(14)15(19)18-13-8-5-6-10-17-16(13)20/h3-4,7,9,11,13H,5-6,8,10H2,1-2H3,(H,17,20)(H,18,19). The topological polar surface area (TPSA) is 58.2 Å². The molecule has 114 valence electrons. The van der Waals surface area contributed by atoms with Crippen LogP contribution in [0.15, 0.2) is 29.2 Å². The van der Waals surface area contributed by atoms with Crippen LogP contribution in [0.25, 0.3) is 0 Å². The highest BCUT2D eigenvalue weighted by Gasteiger charge is 2.23. The SMILES string of the molecule is CC(C)Sc1ccccc1C(=O)NC1CCCCNC1=O. The van der Waals surface area contributed by atoms with Gasteiger partial charge in [0.15, 0.2) is 0 Å². The van der Waals surface area contributed by atoms with Crippen LogP contribution < -0.4 is 10.6 Å². The van der Waals surface area contributed by atoms with Crippen LogP contribution in [0, 0.1) is 0 Å². The van der Waals surface area contributed by atoms with Crippen LogP contribution in [-0.2, 0) is 4.79 Å². The molecule has 1 unspecified atom stereocenters. The van der Waals surface area contributed by atoms with Crippen LogP contribution in [0.5, 0.6) is 0 Å². The predicted octanol–water partition coefficient (Wildman–Crippen LogP) is 2.59. The first-order valence-electron chi connectivity index (χ1n) is 7.42. The van der Waals surface area contributed by atoms with Gasteiger partial charge in [0, 0.05) is 16.7 Å². The van der Waals surface area contributed by atoms with E-state index in [-0.39, 0.29) is 11.8 Å². The van der Waals surface area contributed by atoms with E-state index in [2.05, 4.69) is 24.5 Å². The maximum Gasteiger partial charge on any atom is 0.253 e. The number of thioether (sulfide) groups is 1. The van der Waals surface area contributed by atoms with Crippen molar-refractivity contribution in [3.05, 3.63) is 29.8 Å². The number of carbonyl (C=O) groups is 2. The molecule has 1 aliphatic rings. The number of rotatable bonds is 4. The second-order valence-corrected chi connectivity index (χ2v) is 7.09. The molecule has 1 aromatic rings. The van der Waals surface area contributed by atoms with Crippen molar-refractivity contribution in [2.24, 2.45) is 0 Å². The number of amides is 2. The third kappa shape index (κ3) is 4.49. The molecule has 2 amide bonds. The fourth-order valence-electron chi connectivity index (χ4n) is 2.32. The molecule has 1 fully saturated rings. The lowest BCUT2D eigenvalue weighted by molar-refractivity contribution is -0.122. The lowest BCUT2D eigenvalue weighted by Crippen LogP contribution is -2.45. The van der Waals surface area contributed by atoms with Gasteiger partial charge in [-0.25, -0.2) is 0 Å². The van der Waals surface area contributed by atoms with Crippen molar-refractivity contribution >= 4 is 23.6 Å². The van der Waals surface area contributed by atoms with Gasteiger partial charge in [0.05, 0.1) is 5.56 Å². The Labute approximate surface area is 130 Å². The maximum absolute atomic E-state index is 12.5. The van der Waals surface area contributed by atoms with Crippen molar-refractivity contribution in [2.45, 2.75) is 49.3 Å². The van der Waals surface area contributed by atoms with Crippen LogP contribution in [0.2, 0.25) is 0 Å². The highest BCUT2D eigenvalue weighted by molar-refractivity contribution is 8.00. The smallest absolute Gasteiger partial charge is 0.253 e. The van der Waals surface area contributed by atoms with E-state index in [0.717, 1.165) is 17.7 Å². The number of carbonyl (C=O) groups excluding carboxylic acids is 2. The van der Waals surface area contributed by atoms with E-state index in [0.29, 0.717) is 23.8 Å². The molecular weight excluding hydrogens is 284 g/mol. The maximum atomic E-state index is 12.5. The van der Waals surface area contributed by atoms with Gasteiger partial charge in [-0.15, -0.1) is 11.8 Å². The van der Waals surface area contributed by atoms with Crippen LogP contribution in [0.4, 0.5) is 0 Å². The minimum absolute atomic E-state index is 0.0742. The molecule has 1 aliphatic heterocycles. The summed E-state index contributed by atoms with van der Waals surface area (Å²) in [6.07, 6.45) is 2.63. The van der Waals surface area contributed by atoms with Crippen LogP contribution >= 0.6 is 11.8 Å². The molecule has 1 aromatic carbocycles. The van der Waals surface area contributed by atoms with Gasteiger partial charge in [0.2, 0.25) is 5.91 Å². The quantitative estimate of drug-likeness (QED) is 0.841. The minimum Gasteiger partial charge on any atom is -0.354 e. The molecule has 1 atom stereocenters. The second-order valence-electron chi connectivity index (χ2n) is 5.48. The summed E-state index contributed by atoms with van der Waals surface area (Å²) < 4.78 is 0. The molecule has 2 N–H and O–H groups in total. The molecule has 0 aromatic heterocycles. The first-order valence-corrected chi connectivity index (χ1v) is 8.30. The Kier molecular flexibility index (Phi) is 5.67. The van der Waals surface area contributed by atoms with E-state index in [1.807, 2.05) is 24.3 Å². The van der Waals surface area contributed by atoms with Crippen LogP contribution in [0.1, 0.15) is 43.5 Å². The Morgan fingerprint density at radius 2 is 2.10 bits per heavy atom. The average molecular weight is 306 g/mol. The minimum atomic E-state index is -0.419. The van der Waals surface area contributed by atoms with Gasteiger partial charge in [0.25, 0.3) is 5.91 Å². The number of nitrogens with one attached hydrogen (secondary N) is 2. The molecule has 0 bridgehead atoms. The molecule has 1 saturated heterocycles. The Bertz CT molecular complexity index is 517. The summed E-state index contributed by atoms with van der Waals surface area (Å²) in [6.45, 7) is 4.89. The van der Waals surface area contributed by atoms with E-state index in [1.54, 1.807) is 11.8 Å². The Morgan fingerprint density at radius 1 is 1.33 bits per heavy atom. The second kappa shape index (κ2) is 7.50. The van der Waals surface area contributed by atoms with Crippen molar-refractivity contribution < 1.29 is 9.59 Å². The molecular formula is C16H22N2O2S. The van der Waals surface area contributed by atoms with E-state index in [9.17, 15) is 9.59 Å². The normalized spacial score (nSPS) is 19.0. The van der Waals surface area contributed by atoms with Crippen molar-refractivity contribution in [2.75, 3.05) is 6.54 Å². The van der Waals surface area contributed by atoms with Crippen LogP contribution in [-0.4, -0.2) is 29.7 Å². The highest BCUT2D eigenvalue weighted by atomic mass is 32.2. The van der Waals surface area contributed by atoms with Gasteiger partial charge in [-0.3, -0.25) is 9.59 Å². The lowest BCUT2D eigenvalue weighted by Gasteiger charge is -2.17. The zero-order valence-corrected chi connectivity index (χ0v) is 13.3. The van der Waals surface area contributed by atoms with E-state index < -0.39 is 6.04 Å². The van der Waals surface area contributed by atoms with Crippen molar-refractivity contribution in [3.8, 4) is 0 Å². The van der Waals surface area contributed by atoms with Gasteiger partial charge in [0.1, 0.15) is 6.04 Å². The van der Waals surface area contributed by atoms with Gasteiger partial charge in [-0.2, -0.15) is 0 Å². The molecule has 0 radical (unpaired) electrons. The fourth-order valence-corrected chi connectivity index (χ4v) is 3.28. The van der Waals surface area contributed by atoms with Crippen molar-refractivity contribution in [3.63, 3.8) is 0 Å². The van der Waals surface area contributed by atoms with Gasteiger partial charge >= 0.3 is 0 Å². The molecule has 1 heterocycles. The number of benzene rings is 1. The Hall–Kier alpha value is -1.49. The predicted molar refractivity (Wildman–Crippen MR) is 85.5 cm³/mol. The third-order valence-electron chi connectivity index (χ3n) is 3.33. The molecule has 0 aliphatic carbocycles. The Morgan fingerprint density at radius 3 is 2.86 bits per heavy atom. The monoisotopic (exact) mass is 306 g/mol. The zero-order valence-electron chi connectivity index (χ0n) is 12.5. The van der Waals surface area contributed by atoms with Crippen molar-refractivity contribution in [1.29, 1.82) is 0 Å². The lowest BCUT2D eigenvalue weighted by atomic mass is 10.1. The fraction of sp³-hybridized carbons (Fsp3) is 0.500. The summed E-state index contributed by atoms with van der Waals surface area (Å²) in [7, 11) is 0. The molecule has 2 rings (SSSR count). The van der Waals surface area contributed by atoms with Crippen molar-refractivity contribution in [1.82, 2.24) is 10.6 Å². The average Bonchev–Trinajstić information content (AvgIpc) is 2.64. The zero-order chi connectivity index (χ0) is 15.2. The first-order chi connectivity index (χ1) is 10.1.